The van der Waals surface area contributed by atoms with Crippen molar-refractivity contribution in [2.45, 2.75) is 19.4 Å². The van der Waals surface area contributed by atoms with Crippen molar-refractivity contribution >= 4 is 17.2 Å². The highest BCUT2D eigenvalue weighted by atomic mass is 32.1. The minimum atomic E-state index is -0.221. The van der Waals surface area contributed by atoms with Crippen molar-refractivity contribution in [2.75, 3.05) is 6.54 Å². The fraction of sp³-hybridized carbons (Fsp3) is 0.400. The Labute approximate surface area is 107 Å². The van der Waals surface area contributed by atoms with Gasteiger partial charge in [-0.2, -0.15) is 4.98 Å². The lowest BCUT2D eigenvalue weighted by Crippen LogP contribution is -2.26. The molecule has 0 aliphatic rings. The first-order valence-corrected chi connectivity index (χ1v) is 6.29. The molecule has 2 heterocycles. The van der Waals surface area contributed by atoms with E-state index in [1.807, 2.05) is 6.92 Å². The van der Waals surface area contributed by atoms with E-state index < -0.39 is 0 Å². The predicted molar refractivity (Wildman–Crippen MR) is 65.1 cm³/mol. The second-order valence-corrected chi connectivity index (χ2v) is 4.60. The molecular weight excluding hydrogens is 254 g/mol. The molecule has 0 saturated carbocycles. The first-order valence-electron chi connectivity index (χ1n) is 5.41. The third kappa shape index (κ3) is 3.11. The van der Waals surface area contributed by atoms with Gasteiger partial charge in [-0.15, -0.1) is 11.3 Å². The summed E-state index contributed by atoms with van der Waals surface area (Å²) in [5.74, 6) is 0.339. The summed E-state index contributed by atoms with van der Waals surface area (Å²) in [7, 11) is 0. The number of nitrogens with two attached hydrogens (primary N) is 1. The SMILES string of the molecule is CC(N)c1nc(C(=O)NCCc2ncon2)cs1. The van der Waals surface area contributed by atoms with Crippen LogP contribution < -0.4 is 11.1 Å². The van der Waals surface area contributed by atoms with Crippen LogP contribution in [0.15, 0.2) is 16.3 Å². The number of thiazole rings is 1. The van der Waals surface area contributed by atoms with Crippen LogP contribution in [0, 0.1) is 0 Å². The van der Waals surface area contributed by atoms with Gasteiger partial charge in [-0.1, -0.05) is 5.16 Å². The second kappa shape index (κ2) is 5.69. The van der Waals surface area contributed by atoms with E-state index in [2.05, 4.69) is 25.0 Å². The third-order valence-corrected chi connectivity index (χ3v) is 3.23. The number of nitrogens with one attached hydrogen (secondary N) is 1. The lowest BCUT2D eigenvalue weighted by molar-refractivity contribution is 0.0949. The highest BCUT2D eigenvalue weighted by Crippen LogP contribution is 2.15. The molecule has 96 valence electrons. The first kappa shape index (κ1) is 12.7. The Hall–Kier alpha value is -1.80. The summed E-state index contributed by atoms with van der Waals surface area (Å²) >= 11 is 1.38. The molecule has 8 heteroatoms. The maximum atomic E-state index is 11.7. The van der Waals surface area contributed by atoms with Crippen LogP contribution in [0.4, 0.5) is 0 Å². The Morgan fingerprint density at radius 2 is 2.50 bits per heavy atom. The van der Waals surface area contributed by atoms with Gasteiger partial charge in [-0.25, -0.2) is 4.98 Å². The van der Waals surface area contributed by atoms with Crippen molar-refractivity contribution in [1.82, 2.24) is 20.4 Å². The molecule has 1 amide bonds. The summed E-state index contributed by atoms with van der Waals surface area (Å²) in [4.78, 5) is 19.7. The molecule has 1 atom stereocenters. The minimum Gasteiger partial charge on any atom is -0.350 e. The standard InChI is InChI=1S/C10H13N5O2S/c1-6(11)10-14-7(4-18-10)9(16)12-3-2-8-13-5-17-15-8/h4-6H,2-3,11H2,1H3,(H,12,16). The van der Waals surface area contributed by atoms with Crippen LogP contribution in [-0.4, -0.2) is 27.6 Å². The largest absolute Gasteiger partial charge is 0.350 e. The molecule has 0 spiro atoms. The Kier molecular flexibility index (Phi) is 4.00. The number of rotatable bonds is 5. The van der Waals surface area contributed by atoms with Gasteiger partial charge >= 0.3 is 0 Å². The summed E-state index contributed by atoms with van der Waals surface area (Å²) in [6, 6.07) is -0.157. The first-order chi connectivity index (χ1) is 8.66. The van der Waals surface area contributed by atoms with E-state index in [9.17, 15) is 4.79 Å². The molecule has 0 fully saturated rings. The smallest absolute Gasteiger partial charge is 0.270 e. The van der Waals surface area contributed by atoms with Crippen molar-refractivity contribution < 1.29 is 9.32 Å². The van der Waals surface area contributed by atoms with Crippen molar-refractivity contribution in [1.29, 1.82) is 0 Å². The van der Waals surface area contributed by atoms with E-state index in [-0.39, 0.29) is 11.9 Å². The highest BCUT2D eigenvalue weighted by molar-refractivity contribution is 7.09. The van der Waals surface area contributed by atoms with Crippen LogP contribution in [0.2, 0.25) is 0 Å². The fourth-order valence-corrected chi connectivity index (χ4v) is 2.04. The van der Waals surface area contributed by atoms with Gasteiger partial charge in [-0.05, 0) is 6.92 Å². The lowest BCUT2D eigenvalue weighted by atomic mass is 10.3. The highest BCUT2D eigenvalue weighted by Gasteiger charge is 2.12. The van der Waals surface area contributed by atoms with E-state index in [1.54, 1.807) is 5.38 Å². The van der Waals surface area contributed by atoms with Crippen LogP contribution >= 0.6 is 11.3 Å². The van der Waals surface area contributed by atoms with E-state index in [4.69, 9.17) is 5.73 Å². The van der Waals surface area contributed by atoms with Gasteiger partial charge in [0.2, 0.25) is 6.39 Å². The maximum absolute atomic E-state index is 11.7. The molecule has 3 N–H and O–H groups in total. The molecule has 2 rings (SSSR count). The summed E-state index contributed by atoms with van der Waals surface area (Å²) in [6.45, 7) is 2.26. The van der Waals surface area contributed by atoms with Crippen molar-refractivity contribution in [3.05, 3.63) is 28.3 Å². The molecule has 1 unspecified atom stereocenters. The van der Waals surface area contributed by atoms with Gasteiger partial charge < -0.3 is 15.6 Å². The fourth-order valence-electron chi connectivity index (χ4n) is 1.28. The Morgan fingerprint density at radius 3 is 3.11 bits per heavy atom. The Morgan fingerprint density at radius 1 is 1.67 bits per heavy atom. The zero-order valence-electron chi connectivity index (χ0n) is 9.79. The molecule has 2 aromatic rings. The quantitative estimate of drug-likeness (QED) is 0.817. The number of hydrogen-bond donors (Lipinski definition) is 2. The molecule has 7 nitrogen and oxygen atoms in total. The van der Waals surface area contributed by atoms with Crippen molar-refractivity contribution in [3.63, 3.8) is 0 Å². The molecule has 0 saturated heterocycles. The number of carbonyl (C=O) groups excluding carboxylic acids is 1. The van der Waals surface area contributed by atoms with Crippen molar-refractivity contribution in [3.8, 4) is 0 Å². The van der Waals surface area contributed by atoms with E-state index >= 15 is 0 Å². The minimum absolute atomic E-state index is 0.157. The van der Waals surface area contributed by atoms with Gasteiger partial charge in [0.1, 0.15) is 10.7 Å². The number of aromatic nitrogens is 3. The van der Waals surface area contributed by atoms with Crippen LogP contribution in [0.3, 0.4) is 0 Å². The lowest BCUT2D eigenvalue weighted by Gasteiger charge is -2.00. The van der Waals surface area contributed by atoms with Crippen molar-refractivity contribution in [2.24, 2.45) is 5.73 Å². The van der Waals surface area contributed by atoms with E-state index in [0.717, 1.165) is 5.01 Å². The topological polar surface area (TPSA) is 107 Å². The predicted octanol–water partition coefficient (Wildman–Crippen LogP) is 0.518. The normalized spacial score (nSPS) is 12.3. The van der Waals surface area contributed by atoms with Gasteiger partial charge in [0.05, 0.1) is 6.04 Å². The monoisotopic (exact) mass is 267 g/mol. The number of nitrogens with zero attached hydrogens (tertiary/aromatic N) is 3. The molecule has 0 radical (unpaired) electrons. The second-order valence-electron chi connectivity index (χ2n) is 3.71. The summed E-state index contributed by atoms with van der Waals surface area (Å²) in [6.07, 6.45) is 1.78. The van der Waals surface area contributed by atoms with Crippen LogP contribution in [-0.2, 0) is 6.42 Å². The molecule has 0 aliphatic heterocycles. The average molecular weight is 267 g/mol. The molecule has 0 bridgehead atoms. The Bertz CT molecular complexity index is 508. The van der Waals surface area contributed by atoms with Gasteiger partial charge in [0, 0.05) is 18.3 Å². The molecule has 0 aliphatic carbocycles. The summed E-state index contributed by atoms with van der Waals surface area (Å²) < 4.78 is 4.59. The maximum Gasteiger partial charge on any atom is 0.270 e. The van der Waals surface area contributed by atoms with Crippen LogP contribution in [0.5, 0.6) is 0 Å². The van der Waals surface area contributed by atoms with Gasteiger partial charge in [0.25, 0.3) is 5.91 Å². The summed E-state index contributed by atoms with van der Waals surface area (Å²) in [5, 5.41) is 8.82. The molecule has 2 aromatic heterocycles. The number of amides is 1. The van der Waals surface area contributed by atoms with Crippen LogP contribution in [0.1, 0.15) is 34.3 Å². The molecule has 0 aromatic carbocycles. The van der Waals surface area contributed by atoms with Gasteiger partial charge in [0.15, 0.2) is 5.82 Å². The Balaban J connectivity index is 1.83. The van der Waals surface area contributed by atoms with E-state index in [1.165, 1.54) is 17.7 Å². The van der Waals surface area contributed by atoms with Gasteiger partial charge in [-0.3, -0.25) is 4.79 Å². The van der Waals surface area contributed by atoms with Crippen LogP contribution in [0.25, 0.3) is 0 Å². The average Bonchev–Trinajstić information content (AvgIpc) is 2.99. The third-order valence-electron chi connectivity index (χ3n) is 2.19. The zero-order chi connectivity index (χ0) is 13.0. The molecule has 18 heavy (non-hydrogen) atoms. The van der Waals surface area contributed by atoms with E-state index in [0.29, 0.717) is 24.5 Å². The summed E-state index contributed by atoms with van der Waals surface area (Å²) in [5.41, 5.74) is 6.07. The zero-order valence-corrected chi connectivity index (χ0v) is 10.6. The molecular formula is C10H13N5O2S. The number of hydrogen-bond acceptors (Lipinski definition) is 7. The number of carbonyl (C=O) groups is 1.